The second-order valence-corrected chi connectivity index (χ2v) is 11.4. The van der Waals surface area contributed by atoms with Crippen molar-refractivity contribution >= 4 is 5.97 Å². The fraction of sp³-hybridized carbons (Fsp3) is 0.536. The molecule has 172 valence electrons. The normalized spacial score (nSPS) is 22.6. The Balaban J connectivity index is 1.93. The molecular formula is C28H36O4. The highest BCUT2D eigenvalue weighted by atomic mass is 16.7. The third kappa shape index (κ3) is 3.78. The van der Waals surface area contributed by atoms with Crippen molar-refractivity contribution in [2.24, 2.45) is 5.41 Å². The monoisotopic (exact) mass is 436 g/mol. The zero-order valence-corrected chi connectivity index (χ0v) is 20.5. The summed E-state index contributed by atoms with van der Waals surface area (Å²) in [5.74, 6) is -1.36. The summed E-state index contributed by atoms with van der Waals surface area (Å²) in [6.45, 7) is 14.8. The fourth-order valence-corrected chi connectivity index (χ4v) is 5.10. The maximum absolute atomic E-state index is 12.0. The molecule has 0 unspecified atom stereocenters. The summed E-state index contributed by atoms with van der Waals surface area (Å²) < 4.78 is 18.2. The number of methoxy groups -OCH3 is 1. The van der Waals surface area contributed by atoms with Crippen molar-refractivity contribution in [3.05, 3.63) is 70.3 Å². The molecule has 0 spiro atoms. The lowest BCUT2D eigenvalue weighted by Gasteiger charge is -2.49. The van der Waals surface area contributed by atoms with Crippen LogP contribution < -0.4 is 0 Å². The molecule has 4 heteroatoms. The summed E-state index contributed by atoms with van der Waals surface area (Å²) in [5.41, 5.74) is 5.20. The maximum atomic E-state index is 12.0. The van der Waals surface area contributed by atoms with E-state index in [9.17, 15) is 4.79 Å². The Morgan fingerprint density at radius 2 is 1.38 bits per heavy atom. The molecule has 2 aromatic rings. The Morgan fingerprint density at radius 3 is 1.97 bits per heavy atom. The number of hydrogen-bond donors (Lipinski definition) is 0. The SMILES string of the molecule is COC(=O)c1ccc(C2(c3cccc4c3C(C)(C)CCC4(C)C)OCC(C)(C)CO2)cc1. The molecule has 32 heavy (non-hydrogen) atoms. The van der Waals surface area contributed by atoms with Gasteiger partial charge in [-0.2, -0.15) is 0 Å². The maximum Gasteiger partial charge on any atom is 0.337 e. The van der Waals surface area contributed by atoms with Gasteiger partial charge in [0.25, 0.3) is 0 Å². The molecule has 0 atom stereocenters. The first-order chi connectivity index (χ1) is 14.9. The number of esters is 1. The van der Waals surface area contributed by atoms with Gasteiger partial charge in [-0.1, -0.05) is 71.9 Å². The number of benzene rings is 2. The fourth-order valence-electron chi connectivity index (χ4n) is 5.10. The Labute approximate surface area is 192 Å². The van der Waals surface area contributed by atoms with Gasteiger partial charge in [0, 0.05) is 16.5 Å². The molecule has 2 aliphatic rings. The number of carbonyl (C=O) groups excluding carboxylic acids is 1. The predicted octanol–water partition coefficient (Wildman–Crippen LogP) is 6.10. The molecule has 4 nitrogen and oxygen atoms in total. The zero-order chi connectivity index (χ0) is 23.4. The van der Waals surface area contributed by atoms with Crippen LogP contribution in [0.4, 0.5) is 0 Å². The van der Waals surface area contributed by atoms with Gasteiger partial charge in [-0.25, -0.2) is 4.79 Å². The van der Waals surface area contributed by atoms with Gasteiger partial charge in [0.05, 0.1) is 25.9 Å². The van der Waals surface area contributed by atoms with E-state index in [4.69, 9.17) is 14.2 Å². The molecule has 4 rings (SSSR count). The molecule has 0 amide bonds. The van der Waals surface area contributed by atoms with Gasteiger partial charge in [-0.3, -0.25) is 0 Å². The molecule has 1 heterocycles. The van der Waals surface area contributed by atoms with Gasteiger partial charge in [-0.15, -0.1) is 0 Å². The standard InChI is InChI=1S/C28H36O4/c1-25(2)17-31-28(32-18-25,20-13-11-19(12-14-20)24(29)30-7)22-10-8-9-21-23(22)27(5,6)16-15-26(21,3)4/h8-14H,15-18H2,1-7H3. The van der Waals surface area contributed by atoms with E-state index < -0.39 is 5.79 Å². The van der Waals surface area contributed by atoms with Crippen molar-refractivity contribution in [1.29, 1.82) is 0 Å². The van der Waals surface area contributed by atoms with Crippen LogP contribution in [0.3, 0.4) is 0 Å². The third-order valence-corrected chi connectivity index (χ3v) is 7.22. The number of hydrogen-bond acceptors (Lipinski definition) is 4. The summed E-state index contributed by atoms with van der Waals surface area (Å²) in [5, 5.41) is 0. The van der Waals surface area contributed by atoms with Gasteiger partial charge < -0.3 is 14.2 Å². The van der Waals surface area contributed by atoms with E-state index >= 15 is 0 Å². The Bertz CT molecular complexity index is 1000. The van der Waals surface area contributed by atoms with Crippen molar-refractivity contribution in [3.63, 3.8) is 0 Å². The summed E-state index contributed by atoms with van der Waals surface area (Å²) in [7, 11) is 1.40. The predicted molar refractivity (Wildman–Crippen MR) is 126 cm³/mol. The van der Waals surface area contributed by atoms with Crippen LogP contribution in [0.5, 0.6) is 0 Å². The first kappa shape index (κ1) is 23.0. The van der Waals surface area contributed by atoms with E-state index in [-0.39, 0.29) is 22.2 Å². The van der Waals surface area contributed by atoms with Gasteiger partial charge in [0.1, 0.15) is 0 Å². The minimum atomic E-state index is -1.01. The highest BCUT2D eigenvalue weighted by molar-refractivity contribution is 5.89. The third-order valence-electron chi connectivity index (χ3n) is 7.22. The topological polar surface area (TPSA) is 44.8 Å². The van der Waals surface area contributed by atoms with Crippen molar-refractivity contribution in [2.45, 2.75) is 71.0 Å². The largest absolute Gasteiger partial charge is 0.465 e. The average Bonchev–Trinajstić information content (AvgIpc) is 2.77. The number of rotatable bonds is 3. The van der Waals surface area contributed by atoms with E-state index in [1.54, 1.807) is 12.1 Å². The molecule has 0 saturated carbocycles. The molecule has 0 bridgehead atoms. The van der Waals surface area contributed by atoms with E-state index in [2.05, 4.69) is 59.7 Å². The molecular weight excluding hydrogens is 400 g/mol. The average molecular weight is 437 g/mol. The lowest BCUT2D eigenvalue weighted by Crippen LogP contribution is -2.48. The zero-order valence-electron chi connectivity index (χ0n) is 20.5. The molecule has 0 N–H and O–H groups in total. The van der Waals surface area contributed by atoms with Gasteiger partial charge in [0.15, 0.2) is 0 Å². The highest BCUT2D eigenvalue weighted by Gasteiger charge is 2.49. The van der Waals surface area contributed by atoms with Crippen molar-refractivity contribution in [1.82, 2.24) is 0 Å². The molecule has 1 aliphatic carbocycles. The molecule has 1 saturated heterocycles. The number of ether oxygens (including phenoxy) is 3. The second kappa shape index (κ2) is 7.71. The molecule has 1 aliphatic heterocycles. The molecule has 0 radical (unpaired) electrons. The van der Waals surface area contributed by atoms with Gasteiger partial charge >= 0.3 is 5.97 Å². The minimum absolute atomic E-state index is 0.0000882. The van der Waals surface area contributed by atoms with Crippen LogP contribution in [0.2, 0.25) is 0 Å². The van der Waals surface area contributed by atoms with Crippen LogP contribution in [-0.4, -0.2) is 26.3 Å². The van der Waals surface area contributed by atoms with Gasteiger partial charge in [0.2, 0.25) is 5.79 Å². The van der Waals surface area contributed by atoms with E-state index in [0.29, 0.717) is 18.8 Å². The molecule has 2 aromatic carbocycles. The van der Waals surface area contributed by atoms with Crippen LogP contribution in [0.1, 0.15) is 87.0 Å². The van der Waals surface area contributed by atoms with Crippen molar-refractivity contribution in [2.75, 3.05) is 20.3 Å². The summed E-state index contributed by atoms with van der Waals surface area (Å²) in [4.78, 5) is 12.0. The lowest BCUT2D eigenvalue weighted by atomic mass is 9.61. The first-order valence-corrected chi connectivity index (χ1v) is 11.5. The number of carbonyl (C=O) groups is 1. The highest BCUT2D eigenvalue weighted by Crippen LogP contribution is 2.52. The van der Waals surface area contributed by atoms with E-state index in [1.807, 2.05) is 12.1 Å². The Morgan fingerprint density at radius 1 is 0.812 bits per heavy atom. The number of fused-ring (bicyclic) bond motifs is 1. The summed E-state index contributed by atoms with van der Waals surface area (Å²) >= 11 is 0. The van der Waals surface area contributed by atoms with Crippen molar-refractivity contribution in [3.8, 4) is 0 Å². The van der Waals surface area contributed by atoms with E-state index in [0.717, 1.165) is 24.0 Å². The van der Waals surface area contributed by atoms with E-state index in [1.165, 1.54) is 18.2 Å². The van der Waals surface area contributed by atoms with Crippen LogP contribution >= 0.6 is 0 Å². The summed E-state index contributed by atoms with van der Waals surface area (Å²) in [6, 6.07) is 14.0. The van der Waals surface area contributed by atoms with Crippen LogP contribution in [0, 0.1) is 5.41 Å². The van der Waals surface area contributed by atoms with Crippen LogP contribution in [-0.2, 0) is 30.8 Å². The Hall–Kier alpha value is -2.17. The lowest BCUT2D eigenvalue weighted by molar-refractivity contribution is -0.284. The molecule has 1 fully saturated rings. The van der Waals surface area contributed by atoms with Crippen molar-refractivity contribution < 1.29 is 19.0 Å². The summed E-state index contributed by atoms with van der Waals surface area (Å²) in [6.07, 6.45) is 2.25. The first-order valence-electron chi connectivity index (χ1n) is 11.5. The quantitative estimate of drug-likeness (QED) is 0.546. The van der Waals surface area contributed by atoms with Gasteiger partial charge in [-0.05, 0) is 46.9 Å². The van der Waals surface area contributed by atoms with Crippen LogP contribution in [0.25, 0.3) is 0 Å². The minimum Gasteiger partial charge on any atom is -0.465 e. The molecule has 0 aromatic heterocycles. The Kier molecular flexibility index (Phi) is 5.54. The smallest absolute Gasteiger partial charge is 0.337 e. The van der Waals surface area contributed by atoms with Crippen LogP contribution in [0.15, 0.2) is 42.5 Å². The second-order valence-electron chi connectivity index (χ2n) is 11.4.